The molecule has 0 bridgehead atoms. The van der Waals surface area contributed by atoms with Crippen LogP contribution in [0.25, 0.3) is 0 Å². The minimum Gasteiger partial charge on any atom is -0.447 e. The number of likely N-dealkylation sites (tertiary alicyclic amines) is 1. The quantitative estimate of drug-likeness (QED) is 0.468. The number of ether oxygens (including phenoxy) is 2. The van der Waals surface area contributed by atoms with Crippen LogP contribution >= 0.6 is 0 Å². The molecule has 1 amide bonds. The van der Waals surface area contributed by atoms with Crippen molar-refractivity contribution in [3.63, 3.8) is 0 Å². The van der Waals surface area contributed by atoms with Crippen LogP contribution in [0.15, 0.2) is 47.1 Å². The fraction of sp³-hybridized carbons (Fsp3) is 0.542. The number of methoxy groups -OCH3 is 1. The Morgan fingerprint density at radius 3 is 2.93 bits per heavy atom. The number of hydrogen-bond donors (Lipinski definition) is 0. The third kappa shape index (κ3) is 6.14. The van der Waals surface area contributed by atoms with Crippen molar-refractivity contribution in [3.8, 4) is 11.8 Å². The number of allylic oxidation sites excluding steroid dienone is 7. The molecule has 1 heterocycles. The van der Waals surface area contributed by atoms with E-state index in [0.29, 0.717) is 13.2 Å². The highest BCUT2D eigenvalue weighted by Crippen LogP contribution is 2.34. The van der Waals surface area contributed by atoms with Crippen molar-refractivity contribution in [2.45, 2.75) is 58.4 Å². The molecule has 0 atom stereocenters. The summed E-state index contributed by atoms with van der Waals surface area (Å²) in [5.74, 6) is 6.45. The van der Waals surface area contributed by atoms with Crippen LogP contribution in [0.3, 0.4) is 0 Å². The van der Waals surface area contributed by atoms with E-state index in [4.69, 9.17) is 9.47 Å². The van der Waals surface area contributed by atoms with Gasteiger partial charge in [0.2, 0.25) is 0 Å². The van der Waals surface area contributed by atoms with Crippen LogP contribution in [0.1, 0.15) is 54.3 Å². The van der Waals surface area contributed by atoms with E-state index in [1.807, 2.05) is 19.9 Å². The number of carbonyl (C=O) groups excluding carboxylic acids is 1. The van der Waals surface area contributed by atoms with E-state index in [9.17, 15) is 4.79 Å². The van der Waals surface area contributed by atoms with Crippen molar-refractivity contribution in [3.05, 3.63) is 47.1 Å². The van der Waals surface area contributed by atoms with Crippen molar-refractivity contribution in [2.24, 2.45) is 0 Å². The molecule has 0 aromatic carbocycles. The van der Waals surface area contributed by atoms with Gasteiger partial charge in [0.15, 0.2) is 0 Å². The Morgan fingerprint density at radius 2 is 2.18 bits per heavy atom. The van der Waals surface area contributed by atoms with E-state index in [1.54, 1.807) is 12.0 Å². The molecular weight excluding hydrogens is 350 g/mol. The molecule has 4 nitrogen and oxygen atoms in total. The minimum absolute atomic E-state index is 0. The molecule has 0 spiro atoms. The molecule has 0 aromatic heterocycles. The molecule has 2 rings (SSSR count). The highest BCUT2D eigenvalue weighted by molar-refractivity contribution is 5.70. The summed E-state index contributed by atoms with van der Waals surface area (Å²) in [6.07, 6.45) is 15.6. The molecule has 28 heavy (non-hydrogen) atoms. The fourth-order valence-electron chi connectivity index (χ4n) is 3.53. The predicted octanol–water partition coefficient (Wildman–Crippen LogP) is 5.43. The van der Waals surface area contributed by atoms with Crippen LogP contribution in [-0.2, 0) is 9.47 Å². The molecule has 1 fully saturated rings. The molecule has 1 aliphatic carbocycles. The summed E-state index contributed by atoms with van der Waals surface area (Å²) in [5, 5.41) is 0. The molecule has 4 heteroatoms. The summed E-state index contributed by atoms with van der Waals surface area (Å²) in [6, 6.07) is 0. The van der Waals surface area contributed by atoms with Crippen LogP contribution in [-0.4, -0.2) is 43.4 Å². The summed E-state index contributed by atoms with van der Waals surface area (Å²) in [4.78, 5) is 14.1. The van der Waals surface area contributed by atoms with Crippen molar-refractivity contribution in [2.75, 3.05) is 26.9 Å². The van der Waals surface area contributed by atoms with E-state index in [1.165, 1.54) is 18.4 Å². The molecule has 0 N–H and O–H groups in total. The molecule has 154 valence electrons. The molecule has 0 aromatic rings. The molecule has 0 radical (unpaired) electrons. The van der Waals surface area contributed by atoms with Crippen LogP contribution in [0.2, 0.25) is 0 Å². The van der Waals surface area contributed by atoms with Gasteiger partial charge in [-0.15, -0.1) is 0 Å². The normalized spacial score (nSPS) is 23.0. The molecule has 0 unspecified atom stereocenters. The molecular formula is C24H35NO3. The van der Waals surface area contributed by atoms with Gasteiger partial charge in [-0.05, 0) is 57.3 Å². The average molecular weight is 386 g/mol. The van der Waals surface area contributed by atoms with Crippen LogP contribution in [0, 0.1) is 11.8 Å². The van der Waals surface area contributed by atoms with Crippen molar-refractivity contribution in [1.82, 2.24) is 4.90 Å². The lowest BCUT2D eigenvalue weighted by Gasteiger charge is -2.31. The van der Waals surface area contributed by atoms with Gasteiger partial charge in [0.25, 0.3) is 0 Å². The van der Waals surface area contributed by atoms with Gasteiger partial charge in [0.1, 0.15) is 6.61 Å². The Morgan fingerprint density at radius 1 is 1.36 bits per heavy atom. The molecule has 1 aliphatic heterocycles. The second kappa shape index (κ2) is 10.9. The Kier molecular flexibility index (Phi) is 8.60. The van der Waals surface area contributed by atoms with Crippen molar-refractivity contribution < 1.29 is 15.7 Å². The SMILES string of the molecule is CCC/C1=C/C=C\C(C#C/C=C2\CCN(C(=O)OCCOC)C2(C)C)=CCC1.[HH]. The number of rotatable bonds is 5. The topological polar surface area (TPSA) is 38.8 Å². The third-order valence-electron chi connectivity index (χ3n) is 5.27. The van der Waals surface area contributed by atoms with Crippen LogP contribution < -0.4 is 0 Å². The van der Waals surface area contributed by atoms with E-state index < -0.39 is 0 Å². The summed E-state index contributed by atoms with van der Waals surface area (Å²) in [5.41, 5.74) is 3.33. The second-order valence-corrected chi connectivity index (χ2v) is 7.64. The minimum atomic E-state index is -0.387. The maximum Gasteiger partial charge on any atom is 0.410 e. The van der Waals surface area contributed by atoms with Gasteiger partial charge < -0.3 is 9.47 Å². The van der Waals surface area contributed by atoms with Gasteiger partial charge in [0, 0.05) is 20.7 Å². The first-order chi connectivity index (χ1) is 13.5. The lowest BCUT2D eigenvalue weighted by molar-refractivity contribution is 0.0610. The van der Waals surface area contributed by atoms with Gasteiger partial charge in [0.05, 0.1) is 12.1 Å². The number of hydrogen-bond acceptors (Lipinski definition) is 3. The van der Waals surface area contributed by atoms with Gasteiger partial charge in [-0.2, -0.15) is 0 Å². The zero-order valence-electron chi connectivity index (χ0n) is 17.7. The van der Waals surface area contributed by atoms with Gasteiger partial charge in [-0.25, -0.2) is 4.79 Å². The van der Waals surface area contributed by atoms with E-state index in [-0.39, 0.29) is 19.7 Å². The van der Waals surface area contributed by atoms with Gasteiger partial charge >= 0.3 is 6.09 Å². The Balaban J connectivity index is 0.00000420. The van der Waals surface area contributed by atoms with Crippen LogP contribution in [0.5, 0.6) is 0 Å². The average Bonchev–Trinajstić information content (AvgIpc) is 2.93. The zero-order valence-corrected chi connectivity index (χ0v) is 17.7. The van der Waals surface area contributed by atoms with Gasteiger partial charge in [-0.3, -0.25) is 4.90 Å². The highest BCUT2D eigenvalue weighted by Gasteiger charge is 2.40. The van der Waals surface area contributed by atoms with Gasteiger partial charge in [-0.1, -0.05) is 49.0 Å². The third-order valence-corrected chi connectivity index (χ3v) is 5.27. The lowest BCUT2D eigenvalue weighted by atomic mass is 9.95. The Bertz CT molecular complexity index is 735. The van der Waals surface area contributed by atoms with Crippen molar-refractivity contribution in [1.29, 1.82) is 0 Å². The van der Waals surface area contributed by atoms with E-state index >= 15 is 0 Å². The molecule has 0 saturated carbocycles. The largest absolute Gasteiger partial charge is 0.447 e. The van der Waals surface area contributed by atoms with Crippen LogP contribution in [0.4, 0.5) is 4.79 Å². The number of nitrogens with zero attached hydrogens (tertiary/aromatic N) is 1. The lowest BCUT2D eigenvalue weighted by Crippen LogP contribution is -2.44. The second-order valence-electron chi connectivity index (χ2n) is 7.64. The van der Waals surface area contributed by atoms with E-state index in [2.05, 4.69) is 43.1 Å². The molecule has 2 aliphatic rings. The number of amides is 1. The smallest absolute Gasteiger partial charge is 0.410 e. The summed E-state index contributed by atoms with van der Waals surface area (Å²) >= 11 is 0. The summed E-state index contributed by atoms with van der Waals surface area (Å²) in [6.45, 7) is 7.64. The van der Waals surface area contributed by atoms with Crippen molar-refractivity contribution >= 4 is 6.09 Å². The highest BCUT2D eigenvalue weighted by atomic mass is 16.6. The molecule has 1 saturated heterocycles. The first-order valence-electron chi connectivity index (χ1n) is 10.2. The van der Waals surface area contributed by atoms with E-state index in [0.717, 1.165) is 30.4 Å². The first kappa shape index (κ1) is 22.0. The summed E-state index contributed by atoms with van der Waals surface area (Å²) < 4.78 is 10.2. The monoisotopic (exact) mass is 385 g/mol. The Hall–Kier alpha value is -2.25. The predicted molar refractivity (Wildman–Crippen MR) is 116 cm³/mol. The summed E-state index contributed by atoms with van der Waals surface area (Å²) in [7, 11) is 1.59. The standard InChI is InChI=1S/C24H33NO3.H2/c1-5-9-20-10-6-12-21(13-7-11-20)14-8-15-22-16-17-25(24(22,2)3)23(26)28-19-18-27-4;/h6,10,12-13,15H,5,7,9,11,16-19H2,1-4H3;1H/b12-6-,20-10-,21-13?,22-15+;. The first-order valence-corrected chi connectivity index (χ1v) is 10.2. The Labute approximate surface area is 171 Å². The maximum absolute atomic E-state index is 12.3. The fourth-order valence-corrected chi connectivity index (χ4v) is 3.53. The zero-order chi connectivity index (χ0) is 20.4. The maximum atomic E-state index is 12.3. The number of carbonyl (C=O) groups is 1.